The number of phenolic OH excluding ortho intramolecular Hbond substituents is 1. The van der Waals surface area contributed by atoms with E-state index in [1.165, 1.54) is 5.56 Å². The molecular formula is C21H35NO2. The molecule has 0 bridgehead atoms. The Kier molecular flexibility index (Phi) is 6.63. The predicted molar refractivity (Wildman–Crippen MR) is 103 cm³/mol. The molecule has 0 spiro atoms. The van der Waals surface area contributed by atoms with Crippen LogP contribution in [0.25, 0.3) is 0 Å². The van der Waals surface area contributed by atoms with Gasteiger partial charge in [0.05, 0.1) is 12.6 Å². The quantitative estimate of drug-likeness (QED) is 0.760. The number of aliphatic imine (C=N–C) groups is 1. The topological polar surface area (TPSA) is 52.8 Å². The van der Waals surface area contributed by atoms with E-state index in [0.29, 0.717) is 11.7 Å². The van der Waals surface area contributed by atoms with Gasteiger partial charge in [0.15, 0.2) is 0 Å². The first-order valence-corrected chi connectivity index (χ1v) is 8.88. The summed E-state index contributed by atoms with van der Waals surface area (Å²) in [6, 6.07) is 3.99. The Labute approximate surface area is 147 Å². The second-order valence-corrected chi connectivity index (χ2v) is 9.21. The fraction of sp³-hybridized carbons (Fsp3) is 0.667. The van der Waals surface area contributed by atoms with Crippen LogP contribution in [0.5, 0.6) is 5.75 Å². The molecule has 3 heteroatoms. The maximum Gasteiger partial charge on any atom is 0.128 e. The predicted octanol–water partition coefficient (Wildman–Crippen LogP) is 4.81. The Morgan fingerprint density at radius 1 is 1.04 bits per heavy atom. The molecule has 3 nitrogen and oxygen atoms in total. The van der Waals surface area contributed by atoms with E-state index in [1.54, 1.807) is 6.21 Å². The lowest BCUT2D eigenvalue weighted by molar-refractivity contribution is 0.251. The molecule has 0 aromatic heterocycles. The number of phenols is 1. The Balaban J connectivity index is 3.36. The third kappa shape index (κ3) is 5.62. The van der Waals surface area contributed by atoms with Gasteiger partial charge in [-0.05, 0) is 34.8 Å². The molecule has 0 amide bonds. The SMILES string of the molecule is CC(C)C[C@@H](CO)N=Cc1cc(C(C)(C)C)cc(C(C)(C)C)c1O. The van der Waals surface area contributed by atoms with Gasteiger partial charge < -0.3 is 10.2 Å². The van der Waals surface area contributed by atoms with Gasteiger partial charge in [-0.1, -0.05) is 61.5 Å². The van der Waals surface area contributed by atoms with E-state index in [4.69, 9.17) is 0 Å². The molecule has 0 aliphatic carbocycles. The molecule has 1 aromatic carbocycles. The number of aliphatic hydroxyl groups excluding tert-OH is 1. The van der Waals surface area contributed by atoms with Crippen molar-refractivity contribution in [2.45, 2.75) is 78.7 Å². The summed E-state index contributed by atoms with van der Waals surface area (Å²) < 4.78 is 0. The minimum atomic E-state index is -0.151. The molecule has 24 heavy (non-hydrogen) atoms. The van der Waals surface area contributed by atoms with E-state index in [1.807, 2.05) is 6.07 Å². The fourth-order valence-corrected chi connectivity index (χ4v) is 2.67. The highest BCUT2D eigenvalue weighted by Gasteiger charge is 2.24. The number of nitrogens with zero attached hydrogens (tertiary/aromatic N) is 1. The van der Waals surface area contributed by atoms with Gasteiger partial charge in [0.25, 0.3) is 0 Å². The number of hydrogen-bond acceptors (Lipinski definition) is 3. The van der Waals surface area contributed by atoms with Crippen LogP contribution in [-0.4, -0.2) is 29.1 Å². The number of aliphatic hydroxyl groups is 1. The molecule has 2 N–H and O–H groups in total. The summed E-state index contributed by atoms with van der Waals surface area (Å²) in [6.45, 7) is 17.1. The van der Waals surface area contributed by atoms with E-state index in [0.717, 1.165) is 17.5 Å². The molecule has 0 saturated heterocycles. The van der Waals surface area contributed by atoms with Gasteiger partial charge in [-0.2, -0.15) is 0 Å². The van der Waals surface area contributed by atoms with Crippen LogP contribution in [0.4, 0.5) is 0 Å². The number of aromatic hydroxyl groups is 1. The van der Waals surface area contributed by atoms with Crippen molar-refractivity contribution in [3.05, 3.63) is 28.8 Å². The van der Waals surface area contributed by atoms with Crippen LogP contribution in [0.2, 0.25) is 0 Å². The zero-order chi connectivity index (χ0) is 18.7. The van der Waals surface area contributed by atoms with Gasteiger partial charge in [0.1, 0.15) is 5.75 Å². The van der Waals surface area contributed by atoms with Crippen LogP contribution in [0.1, 0.15) is 78.5 Å². The molecule has 0 unspecified atom stereocenters. The molecule has 0 saturated carbocycles. The molecule has 0 fully saturated rings. The fourth-order valence-electron chi connectivity index (χ4n) is 2.67. The summed E-state index contributed by atoms with van der Waals surface area (Å²) in [5.41, 5.74) is 2.68. The zero-order valence-electron chi connectivity index (χ0n) is 16.6. The summed E-state index contributed by atoms with van der Waals surface area (Å²) >= 11 is 0. The molecule has 0 aliphatic rings. The summed E-state index contributed by atoms with van der Waals surface area (Å²) in [6.07, 6.45) is 2.56. The van der Waals surface area contributed by atoms with Crippen LogP contribution in [0, 0.1) is 5.92 Å². The molecule has 0 heterocycles. The smallest absolute Gasteiger partial charge is 0.128 e. The van der Waals surface area contributed by atoms with Gasteiger partial charge in [-0.3, -0.25) is 4.99 Å². The van der Waals surface area contributed by atoms with Crippen molar-refractivity contribution in [2.75, 3.05) is 6.61 Å². The van der Waals surface area contributed by atoms with E-state index in [-0.39, 0.29) is 23.5 Å². The van der Waals surface area contributed by atoms with Gasteiger partial charge in [-0.25, -0.2) is 0 Å². The highest BCUT2D eigenvalue weighted by Crippen LogP contribution is 2.37. The zero-order valence-corrected chi connectivity index (χ0v) is 16.6. The molecule has 0 radical (unpaired) electrons. The van der Waals surface area contributed by atoms with Crippen molar-refractivity contribution in [1.82, 2.24) is 0 Å². The first-order valence-electron chi connectivity index (χ1n) is 8.88. The minimum absolute atomic E-state index is 0.00932. The lowest BCUT2D eigenvalue weighted by atomic mass is 9.79. The highest BCUT2D eigenvalue weighted by atomic mass is 16.3. The number of rotatable bonds is 5. The van der Waals surface area contributed by atoms with Crippen LogP contribution in [0.3, 0.4) is 0 Å². The maximum absolute atomic E-state index is 10.7. The Hall–Kier alpha value is -1.35. The first kappa shape index (κ1) is 20.7. The molecular weight excluding hydrogens is 298 g/mol. The van der Waals surface area contributed by atoms with Crippen molar-refractivity contribution < 1.29 is 10.2 Å². The van der Waals surface area contributed by atoms with Crippen LogP contribution < -0.4 is 0 Å². The van der Waals surface area contributed by atoms with Gasteiger partial charge >= 0.3 is 0 Å². The van der Waals surface area contributed by atoms with Gasteiger partial charge in [0.2, 0.25) is 0 Å². The van der Waals surface area contributed by atoms with Crippen LogP contribution >= 0.6 is 0 Å². The van der Waals surface area contributed by atoms with Gasteiger partial charge in [-0.15, -0.1) is 0 Å². The maximum atomic E-state index is 10.7. The molecule has 0 aliphatic heterocycles. The normalized spacial score (nSPS) is 14.6. The Bertz CT molecular complexity index is 575. The van der Waals surface area contributed by atoms with E-state index in [2.05, 4.69) is 66.4 Å². The molecule has 1 aromatic rings. The number of hydrogen-bond donors (Lipinski definition) is 2. The lowest BCUT2D eigenvalue weighted by Gasteiger charge is -2.27. The molecule has 136 valence electrons. The van der Waals surface area contributed by atoms with Crippen molar-refractivity contribution >= 4 is 6.21 Å². The minimum Gasteiger partial charge on any atom is -0.507 e. The Morgan fingerprint density at radius 2 is 1.62 bits per heavy atom. The van der Waals surface area contributed by atoms with E-state index < -0.39 is 0 Å². The second-order valence-electron chi connectivity index (χ2n) is 9.21. The monoisotopic (exact) mass is 333 g/mol. The third-order valence-corrected chi connectivity index (χ3v) is 4.19. The van der Waals surface area contributed by atoms with Crippen molar-refractivity contribution in [3.8, 4) is 5.75 Å². The van der Waals surface area contributed by atoms with E-state index >= 15 is 0 Å². The van der Waals surface area contributed by atoms with Crippen LogP contribution in [0.15, 0.2) is 17.1 Å². The van der Waals surface area contributed by atoms with Crippen LogP contribution in [-0.2, 0) is 10.8 Å². The summed E-state index contributed by atoms with van der Waals surface area (Å²) in [4.78, 5) is 4.52. The molecule has 1 atom stereocenters. The summed E-state index contributed by atoms with van der Waals surface area (Å²) in [7, 11) is 0. The highest BCUT2D eigenvalue weighted by molar-refractivity contribution is 5.85. The van der Waals surface area contributed by atoms with Crippen molar-refractivity contribution in [3.63, 3.8) is 0 Å². The Morgan fingerprint density at radius 3 is 2.04 bits per heavy atom. The number of benzene rings is 1. The molecule has 1 rings (SSSR count). The van der Waals surface area contributed by atoms with Gasteiger partial charge in [0, 0.05) is 17.3 Å². The lowest BCUT2D eigenvalue weighted by Crippen LogP contribution is -2.18. The third-order valence-electron chi connectivity index (χ3n) is 4.19. The average Bonchev–Trinajstić information content (AvgIpc) is 2.41. The van der Waals surface area contributed by atoms with Crippen molar-refractivity contribution in [2.24, 2.45) is 10.9 Å². The largest absolute Gasteiger partial charge is 0.507 e. The second kappa shape index (κ2) is 7.69. The van der Waals surface area contributed by atoms with Crippen molar-refractivity contribution in [1.29, 1.82) is 0 Å². The summed E-state index contributed by atoms with van der Waals surface area (Å²) in [5, 5.41) is 20.2. The van der Waals surface area contributed by atoms with E-state index in [9.17, 15) is 10.2 Å². The average molecular weight is 334 g/mol. The standard InChI is InChI=1S/C21H35NO2/c1-14(2)9-17(13-23)22-12-15-10-16(20(3,4)5)11-18(19(15)24)21(6,7)8/h10-12,14,17,23-24H,9,13H2,1-8H3/t17-/m0/s1. The summed E-state index contributed by atoms with van der Waals surface area (Å²) in [5.74, 6) is 0.763. The first-order chi connectivity index (χ1) is 10.9.